The molecule has 2 aromatic rings. The van der Waals surface area contributed by atoms with Gasteiger partial charge in [-0.1, -0.05) is 44.2 Å². The van der Waals surface area contributed by atoms with Crippen molar-refractivity contribution in [2.24, 2.45) is 5.41 Å². The van der Waals surface area contributed by atoms with Gasteiger partial charge in [-0.2, -0.15) is 0 Å². The van der Waals surface area contributed by atoms with Gasteiger partial charge in [-0.15, -0.1) is 5.10 Å². The lowest BCUT2D eigenvalue weighted by molar-refractivity contribution is 0.277. The highest BCUT2D eigenvalue weighted by atomic mass is 15.4. The standard InChI is InChI=1S/C14H20N4/c1-14(2,3)13(15-4)12-10-16-17-18(12)11-8-6-5-7-9-11/h5-10,13,15H,1-4H3. The van der Waals surface area contributed by atoms with Crippen LogP contribution < -0.4 is 5.32 Å². The molecule has 1 unspecified atom stereocenters. The lowest BCUT2D eigenvalue weighted by Crippen LogP contribution is -2.31. The van der Waals surface area contributed by atoms with Crippen LogP contribution in [0.1, 0.15) is 32.5 Å². The number of nitrogens with zero attached hydrogens (tertiary/aromatic N) is 3. The van der Waals surface area contributed by atoms with Crippen molar-refractivity contribution in [3.63, 3.8) is 0 Å². The van der Waals surface area contributed by atoms with Crippen LogP contribution in [0.2, 0.25) is 0 Å². The Labute approximate surface area is 108 Å². The van der Waals surface area contributed by atoms with Crippen molar-refractivity contribution in [2.45, 2.75) is 26.8 Å². The van der Waals surface area contributed by atoms with Crippen molar-refractivity contribution in [3.05, 3.63) is 42.2 Å². The number of aromatic nitrogens is 3. The Balaban J connectivity index is 2.45. The van der Waals surface area contributed by atoms with Gasteiger partial charge in [0.05, 0.1) is 23.6 Å². The SMILES string of the molecule is CNC(c1cnnn1-c1ccccc1)C(C)(C)C. The van der Waals surface area contributed by atoms with Crippen LogP contribution in [-0.2, 0) is 0 Å². The van der Waals surface area contributed by atoms with Crippen LogP contribution in [0.5, 0.6) is 0 Å². The third-order valence-corrected chi connectivity index (χ3v) is 3.03. The zero-order chi connectivity index (χ0) is 13.2. The summed E-state index contributed by atoms with van der Waals surface area (Å²) in [5.74, 6) is 0. The largest absolute Gasteiger partial charge is 0.311 e. The van der Waals surface area contributed by atoms with Crippen LogP contribution in [-0.4, -0.2) is 22.0 Å². The second-order valence-electron chi connectivity index (χ2n) is 5.49. The van der Waals surface area contributed by atoms with E-state index in [1.165, 1.54) is 0 Å². The van der Waals surface area contributed by atoms with Gasteiger partial charge >= 0.3 is 0 Å². The van der Waals surface area contributed by atoms with Crippen LogP contribution in [0.15, 0.2) is 36.5 Å². The summed E-state index contributed by atoms with van der Waals surface area (Å²) in [7, 11) is 1.97. The number of para-hydroxylation sites is 1. The van der Waals surface area contributed by atoms with E-state index in [1.54, 1.807) is 0 Å². The van der Waals surface area contributed by atoms with Gasteiger partial charge in [0.1, 0.15) is 0 Å². The fourth-order valence-corrected chi connectivity index (χ4v) is 2.23. The van der Waals surface area contributed by atoms with Gasteiger partial charge in [-0.05, 0) is 24.6 Å². The van der Waals surface area contributed by atoms with Gasteiger partial charge in [0.2, 0.25) is 0 Å². The van der Waals surface area contributed by atoms with Gasteiger partial charge in [-0.25, -0.2) is 4.68 Å². The molecule has 0 radical (unpaired) electrons. The van der Waals surface area contributed by atoms with Gasteiger partial charge in [0.15, 0.2) is 0 Å². The first-order chi connectivity index (χ1) is 8.54. The molecule has 0 amide bonds. The molecule has 2 rings (SSSR count). The minimum Gasteiger partial charge on any atom is -0.311 e. The van der Waals surface area contributed by atoms with Crippen molar-refractivity contribution in [1.29, 1.82) is 0 Å². The summed E-state index contributed by atoms with van der Waals surface area (Å²) < 4.78 is 1.90. The zero-order valence-corrected chi connectivity index (χ0v) is 11.4. The third kappa shape index (κ3) is 2.43. The first-order valence-corrected chi connectivity index (χ1v) is 6.17. The molecule has 0 spiro atoms. The molecule has 0 aliphatic rings. The molecule has 1 aromatic heterocycles. The minimum absolute atomic E-state index is 0.100. The van der Waals surface area contributed by atoms with E-state index < -0.39 is 0 Å². The first-order valence-electron chi connectivity index (χ1n) is 6.17. The molecule has 0 aliphatic heterocycles. The highest BCUT2D eigenvalue weighted by Crippen LogP contribution is 2.32. The van der Waals surface area contributed by atoms with Crippen LogP contribution in [0.25, 0.3) is 5.69 Å². The van der Waals surface area contributed by atoms with E-state index >= 15 is 0 Å². The van der Waals surface area contributed by atoms with Crippen molar-refractivity contribution in [2.75, 3.05) is 7.05 Å². The summed E-state index contributed by atoms with van der Waals surface area (Å²) >= 11 is 0. The Hall–Kier alpha value is -1.68. The Morgan fingerprint density at radius 3 is 2.39 bits per heavy atom. The first kappa shape index (κ1) is 12.8. The Bertz CT molecular complexity index is 496. The Morgan fingerprint density at radius 2 is 1.83 bits per heavy atom. The van der Waals surface area contributed by atoms with Crippen LogP contribution in [0.4, 0.5) is 0 Å². The summed E-state index contributed by atoms with van der Waals surface area (Å²) in [5.41, 5.74) is 2.22. The van der Waals surface area contributed by atoms with E-state index in [0.717, 1.165) is 11.4 Å². The van der Waals surface area contributed by atoms with Crippen molar-refractivity contribution >= 4 is 0 Å². The molecule has 4 nitrogen and oxygen atoms in total. The molecular weight excluding hydrogens is 224 g/mol. The Morgan fingerprint density at radius 1 is 1.17 bits per heavy atom. The van der Waals surface area contributed by atoms with Crippen molar-refractivity contribution in [1.82, 2.24) is 20.3 Å². The summed E-state index contributed by atoms with van der Waals surface area (Å²) in [6.45, 7) is 6.61. The van der Waals surface area contributed by atoms with E-state index in [0.29, 0.717) is 0 Å². The molecule has 1 atom stereocenters. The molecule has 0 fully saturated rings. The molecule has 0 saturated heterocycles. The minimum atomic E-state index is 0.100. The number of benzene rings is 1. The van der Waals surface area contributed by atoms with E-state index in [9.17, 15) is 0 Å². The van der Waals surface area contributed by atoms with Crippen molar-refractivity contribution in [3.8, 4) is 5.69 Å². The molecule has 1 aromatic carbocycles. The van der Waals surface area contributed by atoms with Gasteiger partial charge in [-0.3, -0.25) is 0 Å². The zero-order valence-electron chi connectivity index (χ0n) is 11.4. The molecule has 96 valence electrons. The van der Waals surface area contributed by atoms with E-state index in [1.807, 2.05) is 48.3 Å². The maximum absolute atomic E-state index is 4.20. The maximum Gasteiger partial charge on any atom is 0.0820 e. The lowest BCUT2D eigenvalue weighted by Gasteiger charge is -2.30. The molecule has 18 heavy (non-hydrogen) atoms. The normalized spacial score (nSPS) is 13.6. The van der Waals surface area contributed by atoms with Crippen LogP contribution in [0.3, 0.4) is 0 Å². The molecule has 4 heteroatoms. The van der Waals surface area contributed by atoms with Crippen LogP contribution in [0, 0.1) is 5.41 Å². The molecule has 0 bridgehead atoms. The number of nitrogens with one attached hydrogen (secondary N) is 1. The monoisotopic (exact) mass is 244 g/mol. The fraction of sp³-hybridized carbons (Fsp3) is 0.429. The molecule has 0 saturated carbocycles. The average Bonchev–Trinajstić information content (AvgIpc) is 2.78. The quantitative estimate of drug-likeness (QED) is 0.902. The number of rotatable bonds is 3. The second-order valence-corrected chi connectivity index (χ2v) is 5.49. The lowest BCUT2D eigenvalue weighted by atomic mass is 9.85. The van der Waals surface area contributed by atoms with Crippen molar-refractivity contribution < 1.29 is 0 Å². The smallest absolute Gasteiger partial charge is 0.0820 e. The third-order valence-electron chi connectivity index (χ3n) is 3.03. The van der Waals surface area contributed by atoms with Gasteiger partial charge in [0.25, 0.3) is 0 Å². The molecule has 1 N–H and O–H groups in total. The number of hydrogen-bond donors (Lipinski definition) is 1. The molecule has 0 aliphatic carbocycles. The van der Waals surface area contributed by atoms with Gasteiger partial charge < -0.3 is 5.32 Å². The fourth-order valence-electron chi connectivity index (χ4n) is 2.23. The van der Waals surface area contributed by atoms with E-state index in [4.69, 9.17) is 0 Å². The predicted molar refractivity (Wildman–Crippen MR) is 72.6 cm³/mol. The van der Waals surface area contributed by atoms with E-state index in [2.05, 4.69) is 36.4 Å². The summed E-state index contributed by atoms with van der Waals surface area (Å²) in [6.07, 6.45) is 1.83. The highest BCUT2D eigenvalue weighted by molar-refractivity contribution is 5.32. The topological polar surface area (TPSA) is 42.7 Å². The number of hydrogen-bond acceptors (Lipinski definition) is 3. The van der Waals surface area contributed by atoms with Crippen LogP contribution >= 0.6 is 0 Å². The summed E-state index contributed by atoms with van der Waals surface area (Å²) in [4.78, 5) is 0. The molecular formula is C14H20N4. The summed E-state index contributed by atoms with van der Waals surface area (Å²) in [5, 5.41) is 11.6. The van der Waals surface area contributed by atoms with E-state index in [-0.39, 0.29) is 11.5 Å². The maximum atomic E-state index is 4.20. The second kappa shape index (κ2) is 4.90. The summed E-state index contributed by atoms with van der Waals surface area (Å²) in [6, 6.07) is 10.3. The Kier molecular flexibility index (Phi) is 3.48. The van der Waals surface area contributed by atoms with Gasteiger partial charge in [0, 0.05) is 0 Å². The highest BCUT2D eigenvalue weighted by Gasteiger charge is 2.28. The molecule has 1 heterocycles. The average molecular weight is 244 g/mol. The predicted octanol–water partition coefficient (Wildman–Crippen LogP) is 2.57.